The number of aromatic nitrogens is 1. The zero-order chi connectivity index (χ0) is 22.0. The molecule has 2 aliphatic rings. The molecule has 2 saturated heterocycles. The summed E-state index contributed by atoms with van der Waals surface area (Å²) in [5.41, 5.74) is -0.600. The van der Waals surface area contributed by atoms with E-state index in [4.69, 9.17) is 4.74 Å². The van der Waals surface area contributed by atoms with E-state index < -0.39 is 28.7 Å². The number of hydrogen-bond donors (Lipinski definition) is 0. The Hall–Kier alpha value is -2.45. The van der Waals surface area contributed by atoms with Gasteiger partial charge in [0.15, 0.2) is 0 Å². The van der Waals surface area contributed by atoms with Gasteiger partial charge in [-0.25, -0.2) is 13.2 Å². The molecular weight excluding hydrogens is 407 g/mol. The highest BCUT2D eigenvalue weighted by Crippen LogP contribution is 2.33. The van der Waals surface area contributed by atoms with Crippen LogP contribution >= 0.6 is 0 Å². The quantitative estimate of drug-likeness (QED) is 0.741. The minimum absolute atomic E-state index is 0.235. The normalized spacial score (nSPS) is 21.4. The lowest BCUT2D eigenvalue weighted by atomic mass is 9.88. The first-order chi connectivity index (χ1) is 14.9. The third kappa shape index (κ3) is 4.75. The van der Waals surface area contributed by atoms with Crippen LogP contribution in [0.3, 0.4) is 0 Å². The monoisotopic (exact) mass is 433 g/mol. The van der Waals surface area contributed by atoms with Crippen molar-refractivity contribution < 1.29 is 22.7 Å². The van der Waals surface area contributed by atoms with Gasteiger partial charge in [-0.05, 0) is 44.0 Å². The van der Waals surface area contributed by atoms with Gasteiger partial charge in [-0.15, -0.1) is 0 Å². The van der Waals surface area contributed by atoms with Crippen LogP contribution in [-0.2, 0) is 11.2 Å². The number of likely N-dealkylation sites (tertiary alicyclic amines) is 1. The second-order valence-corrected chi connectivity index (χ2v) is 8.42. The average molecular weight is 433 g/mol. The number of carbonyl (C=O) groups is 1. The lowest BCUT2D eigenvalue weighted by Crippen LogP contribution is -2.60. The molecule has 0 aliphatic carbocycles. The Labute approximate surface area is 179 Å². The number of halogens is 3. The van der Waals surface area contributed by atoms with Crippen molar-refractivity contribution in [1.82, 2.24) is 14.8 Å². The maximum absolute atomic E-state index is 14.1. The summed E-state index contributed by atoms with van der Waals surface area (Å²) in [6.07, 6.45) is 3.25. The maximum atomic E-state index is 14.1. The number of carbonyl (C=O) groups excluding carboxylic acids is 1. The Kier molecular flexibility index (Phi) is 6.29. The molecule has 0 radical (unpaired) electrons. The van der Waals surface area contributed by atoms with Crippen molar-refractivity contribution in [3.63, 3.8) is 0 Å². The fourth-order valence-electron chi connectivity index (χ4n) is 4.57. The molecule has 0 unspecified atom stereocenters. The first-order valence-electron chi connectivity index (χ1n) is 10.6. The van der Waals surface area contributed by atoms with Crippen LogP contribution in [0.25, 0.3) is 0 Å². The number of pyridine rings is 1. The Morgan fingerprint density at radius 2 is 1.81 bits per heavy atom. The minimum Gasteiger partial charge on any atom is -0.368 e. The summed E-state index contributed by atoms with van der Waals surface area (Å²) in [6, 6.07) is 6.43. The molecule has 4 rings (SSSR count). The first kappa shape index (κ1) is 21.8. The molecule has 8 heteroatoms. The van der Waals surface area contributed by atoms with E-state index in [0.29, 0.717) is 38.0 Å². The van der Waals surface area contributed by atoms with Gasteiger partial charge in [0, 0.05) is 38.8 Å². The molecule has 1 atom stereocenters. The number of nitrogens with zero attached hydrogens (tertiary/aromatic N) is 3. The molecule has 1 aromatic heterocycles. The van der Waals surface area contributed by atoms with Gasteiger partial charge in [0.2, 0.25) is 0 Å². The van der Waals surface area contributed by atoms with Crippen molar-refractivity contribution in [2.24, 2.45) is 0 Å². The highest BCUT2D eigenvalue weighted by molar-refractivity contribution is 5.95. The van der Waals surface area contributed by atoms with Crippen LogP contribution in [0.15, 0.2) is 36.5 Å². The third-order valence-electron chi connectivity index (χ3n) is 6.14. The van der Waals surface area contributed by atoms with Crippen molar-refractivity contribution in [3.8, 4) is 0 Å². The number of benzene rings is 1. The van der Waals surface area contributed by atoms with Gasteiger partial charge in [-0.1, -0.05) is 6.07 Å². The predicted octanol–water partition coefficient (Wildman–Crippen LogP) is 3.44. The average Bonchev–Trinajstić information content (AvgIpc) is 2.74. The number of hydrogen-bond acceptors (Lipinski definition) is 4. The molecule has 0 N–H and O–H groups in total. The fraction of sp³-hybridized carbons (Fsp3) is 0.478. The van der Waals surface area contributed by atoms with Gasteiger partial charge in [-0.3, -0.25) is 9.78 Å². The topological polar surface area (TPSA) is 45.7 Å². The number of piperidine rings is 1. The lowest BCUT2D eigenvalue weighted by Gasteiger charge is -2.49. The van der Waals surface area contributed by atoms with Gasteiger partial charge in [0.1, 0.15) is 23.0 Å². The van der Waals surface area contributed by atoms with E-state index in [1.807, 2.05) is 6.92 Å². The molecule has 166 valence electrons. The molecule has 3 heterocycles. The predicted molar refractivity (Wildman–Crippen MR) is 109 cm³/mol. The fourth-order valence-corrected chi connectivity index (χ4v) is 4.57. The highest BCUT2D eigenvalue weighted by atomic mass is 19.1. The van der Waals surface area contributed by atoms with E-state index in [9.17, 15) is 18.0 Å². The van der Waals surface area contributed by atoms with Gasteiger partial charge < -0.3 is 14.5 Å². The summed E-state index contributed by atoms with van der Waals surface area (Å²) in [7, 11) is 0. The van der Waals surface area contributed by atoms with Crippen molar-refractivity contribution in [2.45, 2.75) is 37.9 Å². The second kappa shape index (κ2) is 8.96. The molecular formula is C23H26F3N3O2. The lowest BCUT2D eigenvalue weighted by molar-refractivity contribution is -0.161. The molecule has 5 nitrogen and oxygen atoms in total. The van der Waals surface area contributed by atoms with Crippen molar-refractivity contribution in [2.75, 3.05) is 32.7 Å². The maximum Gasteiger partial charge on any atom is 0.260 e. The van der Waals surface area contributed by atoms with Crippen molar-refractivity contribution in [1.29, 1.82) is 0 Å². The van der Waals surface area contributed by atoms with E-state index in [2.05, 4.69) is 9.88 Å². The Morgan fingerprint density at radius 3 is 2.48 bits per heavy atom. The molecule has 31 heavy (non-hydrogen) atoms. The number of morpholine rings is 1. The standard InChI is InChI=1S/C23H26F3N3O2/c1-16-14-29(22(30)21-18(25)4-2-5-19(21)26)15-23(31-16)8-12-28(13-9-23)11-7-20-17(24)6-3-10-27-20/h2-6,10,16H,7-9,11-15H2,1H3/t16-/m1/s1. The SMILES string of the molecule is C[C@@H]1CN(C(=O)c2c(F)cccc2F)CC2(CCN(CCc3ncccc3F)CC2)O1. The summed E-state index contributed by atoms with van der Waals surface area (Å²) in [5, 5.41) is 0. The van der Waals surface area contributed by atoms with Crippen LogP contribution in [0.2, 0.25) is 0 Å². The van der Waals surface area contributed by atoms with Crippen LogP contribution < -0.4 is 0 Å². The van der Waals surface area contributed by atoms with E-state index >= 15 is 0 Å². The highest BCUT2D eigenvalue weighted by Gasteiger charge is 2.43. The molecule has 0 saturated carbocycles. The molecule has 1 spiro atoms. The molecule has 2 aliphatic heterocycles. The van der Waals surface area contributed by atoms with Gasteiger partial charge in [-0.2, -0.15) is 0 Å². The summed E-state index contributed by atoms with van der Waals surface area (Å²) in [5.74, 6) is -2.64. The van der Waals surface area contributed by atoms with Crippen LogP contribution in [0.1, 0.15) is 35.8 Å². The molecule has 0 bridgehead atoms. The zero-order valence-corrected chi connectivity index (χ0v) is 17.5. The zero-order valence-electron chi connectivity index (χ0n) is 17.5. The van der Waals surface area contributed by atoms with Crippen LogP contribution in [0.4, 0.5) is 13.2 Å². The third-order valence-corrected chi connectivity index (χ3v) is 6.14. The largest absolute Gasteiger partial charge is 0.368 e. The Balaban J connectivity index is 1.39. The minimum atomic E-state index is -0.852. The van der Waals surface area contributed by atoms with E-state index in [0.717, 1.165) is 25.2 Å². The van der Waals surface area contributed by atoms with Crippen LogP contribution in [0, 0.1) is 17.5 Å². The Morgan fingerprint density at radius 1 is 1.13 bits per heavy atom. The second-order valence-electron chi connectivity index (χ2n) is 8.42. The molecule has 2 fully saturated rings. The van der Waals surface area contributed by atoms with Crippen LogP contribution in [-0.4, -0.2) is 65.1 Å². The smallest absolute Gasteiger partial charge is 0.260 e. The van der Waals surface area contributed by atoms with Gasteiger partial charge in [0.05, 0.1) is 23.9 Å². The summed E-state index contributed by atoms with van der Waals surface area (Å²) >= 11 is 0. The van der Waals surface area contributed by atoms with Gasteiger partial charge in [0.25, 0.3) is 5.91 Å². The summed E-state index contributed by atoms with van der Waals surface area (Å²) in [4.78, 5) is 20.7. The van der Waals surface area contributed by atoms with E-state index in [-0.39, 0.29) is 18.5 Å². The number of ether oxygens (including phenoxy) is 1. The number of rotatable bonds is 4. The summed E-state index contributed by atoms with van der Waals surface area (Å²) < 4.78 is 48.3. The first-order valence-corrected chi connectivity index (χ1v) is 10.6. The van der Waals surface area contributed by atoms with Crippen molar-refractivity contribution >= 4 is 5.91 Å². The van der Waals surface area contributed by atoms with Crippen molar-refractivity contribution in [3.05, 3.63) is 65.2 Å². The molecule has 1 aromatic carbocycles. The van der Waals surface area contributed by atoms with E-state index in [1.165, 1.54) is 17.0 Å². The van der Waals surface area contributed by atoms with Gasteiger partial charge >= 0.3 is 0 Å². The molecule has 1 amide bonds. The van der Waals surface area contributed by atoms with Crippen LogP contribution in [0.5, 0.6) is 0 Å². The summed E-state index contributed by atoms with van der Waals surface area (Å²) in [6.45, 7) is 4.61. The number of amides is 1. The molecule has 2 aromatic rings. The van der Waals surface area contributed by atoms with E-state index in [1.54, 1.807) is 12.3 Å². The Bertz CT molecular complexity index is 927.